The van der Waals surface area contributed by atoms with E-state index in [4.69, 9.17) is 10.5 Å². The van der Waals surface area contributed by atoms with Crippen molar-refractivity contribution in [3.8, 4) is 0 Å². The zero-order chi connectivity index (χ0) is 14.6. The summed E-state index contributed by atoms with van der Waals surface area (Å²) in [5, 5.41) is 3.15. The number of carbonyl (C=O) groups is 1. The van der Waals surface area contributed by atoms with Crippen LogP contribution < -0.4 is 11.1 Å². The predicted octanol–water partition coefficient (Wildman–Crippen LogP) is 1.83. The van der Waals surface area contributed by atoms with E-state index in [9.17, 15) is 4.79 Å². The van der Waals surface area contributed by atoms with Crippen LogP contribution in [0.4, 0.5) is 0 Å². The maximum absolute atomic E-state index is 12.7. The Balaban J connectivity index is 1.69. The number of amides is 1. The van der Waals surface area contributed by atoms with Gasteiger partial charge in [-0.1, -0.05) is 20.8 Å². The lowest BCUT2D eigenvalue weighted by atomic mass is 9.46. The average Bonchev–Trinajstić information content (AvgIpc) is 3.24. The van der Waals surface area contributed by atoms with Crippen LogP contribution in [0.15, 0.2) is 0 Å². The fraction of sp³-hybridized carbons (Fsp3) is 0.938. The molecule has 2 saturated carbocycles. The van der Waals surface area contributed by atoms with Crippen molar-refractivity contribution in [2.45, 2.75) is 64.5 Å². The van der Waals surface area contributed by atoms with Crippen molar-refractivity contribution in [2.75, 3.05) is 13.2 Å². The molecule has 20 heavy (non-hydrogen) atoms. The second-order valence-corrected chi connectivity index (χ2v) is 7.67. The van der Waals surface area contributed by atoms with E-state index in [1.807, 2.05) is 0 Å². The van der Waals surface area contributed by atoms with Crippen molar-refractivity contribution in [1.82, 2.24) is 5.32 Å². The van der Waals surface area contributed by atoms with Gasteiger partial charge in [-0.15, -0.1) is 0 Å². The van der Waals surface area contributed by atoms with Crippen molar-refractivity contribution < 1.29 is 9.53 Å². The molecule has 0 aromatic rings. The summed E-state index contributed by atoms with van der Waals surface area (Å²) in [7, 11) is 0. The molecule has 3 unspecified atom stereocenters. The van der Waals surface area contributed by atoms with Crippen molar-refractivity contribution in [2.24, 2.45) is 22.5 Å². The van der Waals surface area contributed by atoms with Crippen molar-refractivity contribution in [3.63, 3.8) is 0 Å². The fourth-order valence-corrected chi connectivity index (χ4v) is 4.28. The monoisotopic (exact) mass is 280 g/mol. The molecular weight excluding hydrogens is 252 g/mol. The molecule has 114 valence electrons. The largest absolute Gasteiger partial charge is 0.377 e. The van der Waals surface area contributed by atoms with Crippen LogP contribution in [-0.4, -0.2) is 30.7 Å². The summed E-state index contributed by atoms with van der Waals surface area (Å²) >= 11 is 0. The Hall–Kier alpha value is -0.610. The number of hydrogen-bond donors (Lipinski definition) is 2. The molecule has 3 N–H and O–H groups in total. The fourth-order valence-electron chi connectivity index (χ4n) is 4.28. The lowest BCUT2D eigenvalue weighted by molar-refractivity contribution is -0.225. The smallest absolute Gasteiger partial charge is 0.241 e. The molecular formula is C16H28N2O2. The van der Waals surface area contributed by atoms with Gasteiger partial charge in [0.25, 0.3) is 0 Å². The van der Waals surface area contributed by atoms with Gasteiger partial charge in [0, 0.05) is 24.5 Å². The minimum atomic E-state index is -0.762. The molecule has 1 heterocycles. The van der Waals surface area contributed by atoms with Crippen molar-refractivity contribution in [1.29, 1.82) is 0 Å². The molecule has 1 saturated heterocycles. The number of hydrogen-bond acceptors (Lipinski definition) is 3. The Morgan fingerprint density at radius 1 is 1.40 bits per heavy atom. The average molecular weight is 280 g/mol. The molecule has 4 nitrogen and oxygen atoms in total. The summed E-state index contributed by atoms with van der Waals surface area (Å²) in [5.41, 5.74) is 5.91. The third kappa shape index (κ3) is 1.77. The van der Waals surface area contributed by atoms with Crippen LogP contribution in [0.1, 0.15) is 52.9 Å². The Bertz CT molecular complexity index is 417. The summed E-state index contributed by atoms with van der Waals surface area (Å²) in [4.78, 5) is 12.7. The van der Waals surface area contributed by atoms with E-state index in [0.29, 0.717) is 5.41 Å². The third-order valence-corrected chi connectivity index (χ3v) is 6.39. The summed E-state index contributed by atoms with van der Waals surface area (Å²) in [6.07, 6.45) is 5.79. The second-order valence-electron chi connectivity index (χ2n) is 7.67. The topological polar surface area (TPSA) is 64.4 Å². The van der Waals surface area contributed by atoms with E-state index in [-0.39, 0.29) is 23.3 Å². The highest BCUT2D eigenvalue weighted by Crippen LogP contribution is 2.57. The molecule has 3 atom stereocenters. The molecule has 0 bridgehead atoms. The predicted molar refractivity (Wildman–Crippen MR) is 78.1 cm³/mol. The summed E-state index contributed by atoms with van der Waals surface area (Å²) in [5.74, 6) is 0.219. The summed E-state index contributed by atoms with van der Waals surface area (Å²) < 4.78 is 5.86. The number of ether oxygens (including phenoxy) is 1. The molecule has 4 heteroatoms. The molecule has 2 aliphatic carbocycles. The van der Waals surface area contributed by atoms with Crippen LogP contribution in [0.3, 0.4) is 0 Å². The van der Waals surface area contributed by atoms with Gasteiger partial charge in [0.2, 0.25) is 5.91 Å². The number of carbonyl (C=O) groups excluding carboxylic acids is 1. The van der Waals surface area contributed by atoms with E-state index >= 15 is 0 Å². The van der Waals surface area contributed by atoms with Crippen molar-refractivity contribution >= 4 is 5.91 Å². The molecule has 3 aliphatic rings. The summed E-state index contributed by atoms with van der Waals surface area (Å²) in [6.45, 7) is 7.95. The molecule has 3 fully saturated rings. The quantitative estimate of drug-likeness (QED) is 0.825. The first-order valence-corrected chi connectivity index (χ1v) is 8.06. The van der Waals surface area contributed by atoms with E-state index in [2.05, 4.69) is 26.1 Å². The minimum Gasteiger partial charge on any atom is -0.377 e. The maximum Gasteiger partial charge on any atom is 0.241 e. The molecule has 0 aromatic carbocycles. The zero-order valence-corrected chi connectivity index (χ0v) is 13.0. The van der Waals surface area contributed by atoms with Gasteiger partial charge in [-0.2, -0.15) is 0 Å². The Morgan fingerprint density at radius 2 is 2.10 bits per heavy atom. The highest BCUT2D eigenvalue weighted by atomic mass is 16.5. The first kappa shape index (κ1) is 14.3. The Labute approximate surface area is 121 Å². The van der Waals surface area contributed by atoms with E-state index in [1.165, 1.54) is 12.8 Å². The van der Waals surface area contributed by atoms with Crippen LogP contribution >= 0.6 is 0 Å². The van der Waals surface area contributed by atoms with Gasteiger partial charge < -0.3 is 15.8 Å². The van der Waals surface area contributed by atoms with E-state index < -0.39 is 5.54 Å². The van der Waals surface area contributed by atoms with Gasteiger partial charge in [-0.3, -0.25) is 4.79 Å². The summed E-state index contributed by atoms with van der Waals surface area (Å²) in [6, 6.07) is 0. The Morgan fingerprint density at radius 3 is 2.70 bits per heavy atom. The van der Waals surface area contributed by atoms with Crippen LogP contribution in [0, 0.1) is 16.7 Å². The minimum absolute atomic E-state index is 0.0361. The number of nitrogens with one attached hydrogen (secondary N) is 1. The maximum atomic E-state index is 12.7. The number of rotatable bonds is 4. The lowest BCUT2D eigenvalue weighted by Gasteiger charge is -2.65. The van der Waals surface area contributed by atoms with Gasteiger partial charge in [-0.25, -0.2) is 0 Å². The highest BCUT2D eigenvalue weighted by molar-refractivity contribution is 5.89. The Kier molecular flexibility index (Phi) is 3.18. The standard InChI is InChI=1S/C16H28N2O2/c1-4-15(7-8-15)10-18-13(19)16(17)11-6-5-9-20-12(11)14(16,2)3/h11-12H,4-10,17H2,1-3H3,(H,18,19). The molecule has 3 rings (SSSR count). The third-order valence-electron chi connectivity index (χ3n) is 6.39. The first-order chi connectivity index (χ1) is 9.37. The first-order valence-electron chi connectivity index (χ1n) is 8.06. The molecule has 0 spiro atoms. The van der Waals surface area contributed by atoms with Crippen LogP contribution in [0.2, 0.25) is 0 Å². The van der Waals surface area contributed by atoms with Gasteiger partial charge in [-0.05, 0) is 37.5 Å². The van der Waals surface area contributed by atoms with E-state index in [1.54, 1.807) is 0 Å². The highest BCUT2D eigenvalue weighted by Gasteiger charge is 2.70. The molecule has 0 radical (unpaired) electrons. The lowest BCUT2D eigenvalue weighted by Crippen LogP contribution is -2.82. The van der Waals surface area contributed by atoms with Gasteiger partial charge in [0.05, 0.1) is 6.10 Å². The van der Waals surface area contributed by atoms with Crippen LogP contribution in [0.25, 0.3) is 0 Å². The van der Waals surface area contributed by atoms with Gasteiger partial charge in [0.15, 0.2) is 0 Å². The van der Waals surface area contributed by atoms with Gasteiger partial charge >= 0.3 is 0 Å². The number of nitrogens with two attached hydrogens (primary N) is 1. The second kappa shape index (κ2) is 4.44. The van der Waals surface area contributed by atoms with Gasteiger partial charge in [0.1, 0.15) is 5.54 Å². The van der Waals surface area contributed by atoms with Crippen LogP contribution in [-0.2, 0) is 9.53 Å². The number of fused-ring (bicyclic) bond motifs is 1. The van der Waals surface area contributed by atoms with E-state index in [0.717, 1.165) is 32.4 Å². The molecule has 1 amide bonds. The molecule has 1 aliphatic heterocycles. The molecule has 0 aromatic heterocycles. The zero-order valence-electron chi connectivity index (χ0n) is 13.0. The van der Waals surface area contributed by atoms with Crippen molar-refractivity contribution in [3.05, 3.63) is 0 Å². The van der Waals surface area contributed by atoms with Crippen LogP contribution in [0.5, 0.6) is 0 Å². The normalized spacial score (nSPS) is 40.4. The SMILES string of the molecule is CCC1(CNC(=O)C2(N)C3CCCOC3C2(C)C)CC1.